The average Bonchev–Trinajstić information content (AvgIpc) is 2.74. The Morgan fingerprint density at radius 1 is 1.50 bits per heavy atom. The largest absolute Gasteiger partial charge is 0.360 e. The molecule has 0 bridgehead atoms. The van der Waals surface area contributed by atoms with E-state index < -0.39 is 0 Å². The fraction of sp³-hybridized carbons (Fsp3) is 0.700. The Balaban J connectivity index is 2.48. The van der Waals surface area contributed by atoms with Crippen LogP contribution in [0.2, 0.25) is 0 Å². The molecule has 0 unspecified atom stereocenters. The van der Waals surface area contributed by atoms with Gasteiger partial charge in [-0.1, -0.05) is 13.8 Å². The molecule has 1 rings (SSSR count). The van der Waals surface area contributed by atoms with Crippen LogP contribution in [0, 0.1) is 0 Å². The minimum absolute atomic E-state index is 0.367. The lowest BCUT2D eigenvalue weighted by atomic mass is 10.0. The van der Waals surface area contributed by atoms with Gasteiger partial charge in [0.1, 0.15) is 0 Å². The second kappa shape index (κ2) is 5.61. The Hall–Kier alpha value is -0.220. The maximum Gasteiger partial charge on any atom is 0.182 e. The molecule has 0 amide bonds. The first-order valence-electron chi connectivity index (χ1n) is 4.95. The summed E-state index contributed by atoms with van der Waals surface area (Å²) in [6.45, 7) is 5.52. The Morgan fingerprint density at radius 2 is 2.21 bits per heavy atom. The van der Waals surface area contributed by atoms with E-state index in [0.29, 0.717) is 4.75 Å². The Labute approximate surface area is 94.5 Å². The van der Waals surface area contributed by atoms with E-state index in [0.717, 1.165) is 11.7 Å². The summed E-state index contributed by atoms with van der Waals surface area (Å²) in [5.41, 5.74) is 0. The van der Waals surface area contributed by atoms with Gasteiger partial charge in [-0.15, -0.1) is 11.3 Å². The zero-order valence-corrected chi connectivity index (χ0v) is 10.7. The zero-order valence-electron chi connectivity index (χ0n) is 9.04. The second-order valence-corrected chi connectivity index (χ2v) is 5.45. The van der Waals surface area contributed by atoms with E-state index in [-0.39, 0.29) is 0 Å². The minimum atomic E-state index is 0.367. The monoisotopic (exact) mass is 230 g/mol. The summed E-state index contributed by atoms with van der Waals surface area (Å²) in [6, 6.07) is 0. The van der Waals surface area contributed by atoms with Gasteiger partial charge in [0.2, 0.25) is 0 Å². The highest BCUT2D eigenvalue weighted by Gasteiger charge is 2.24. The highest BCUT2D eigenvalue weighted by molar-refractivity contribution is 8.00. The van der Waals surface area contributed by atoms with Crippen molar-refractivity contribution in [1.82, 2.24) is 4.98 Å². The van der Waals surface area contributed by atoms with Crippen LogP contribution in [0.4, 0.5) is 5.13 Å². The third-order valence-electron chi connectivity index (χ3n) is 2.72. The third-order valence-corrected chi connectivity index (χ3v) is 5.03. The lowest BCUT2D eigenvalue weighted by Gasteiger charge is -2.29. The topological polar surface area (TPSA) is 24.9 Å². The number of nitrogens with one attached hydrogen (secondary N) is 1. The molecule has 0 aliphatic heterocycles. The number of hydrogen-bond acceptors (Lipinski definition) is 4. The molecule has 80 valence electrons. The van der Waals surface area contributed by atoms with Crippen LogP contribution in [0.5, 0.6) is 0 Å². The van der Waals surface area contributed by atoms with Crippen molar-refractivity contribution in [2.24, 2.45) is 0 Å². The Bertz CT molecular complexity index is 234. The van der Waals surface area contributed by atoms with E-state index in [9.17, 15) is 0 Å². The fourth-order valence-corrected chi connectivity index (χ4v) is 2.73. The molecule has 1 N–H and O–H groups in total. The van der Waals surface area contributed by atoms with Gasteiger partial charge in [-0.25, -0.2) is 4.98 Å². The molecule has 1 heterocycles. The maximum absolute atomic E-state index is 4.22. The molecule has 2 nitrogen and oxygen atoms in total. The smallest absolute Gasteiger partial charge is 0.182 e. The van der Waals surface area contributed by atoms with Crippen LogP contribution in [0.15, 0.2) is 11.6 Å². The Morgan fingerprint density at radius 3 is 2.64 bits per heavy atom. The molecule has 0 saturated heterocycles. The maximum atomic E-state index is 4.22. The molecule has 0 saturated carbocycles. The summed E-state index contributed by atoms with van der Waals surface area (Å²) >= 11 is 3.62. The fourth-order valence-electron chi connectivity index (χ4n) is 1.41. The van der Waals surface area contributed by atoms with Crippen LogP contribution in [-0.4, -0.2) is 22.5 Å². The van der Waals surface area contributed by atoms with Crippen LogP contribution in [0.3, 0.4) is 0 Å². The van der Waals surface area contributed by atoms with E-state index in [1.54, 1.807) is 11.3 Å². The summed E-state index contributed by atoms with van der Waals surface area (Å²) in [4.78, 5) is 4.22. The van der Waals surface area contributed by atoms with Crippen molar-refractivity contribution in [1.29, 1.82) is 0 Å². The first kappa shape index (κ1) is 11.9. The van der Waals surface area contributed by atoms with Crippen molar-refractivity contribution >= 4 is 28.2 Å². The summed E-state index contributed by atoms with van der Waals surface area (Å²) in [5.74, 6) is 0. The van der Waals surface area contributed by atoms with Crippen LogP contribution in [0.1, 0.15) is 26.7 Å². The number of anilines is 1. The van der Waals surface area contributed by atoms with Gasteiger partial charge in [-0.05, 0) is 19.1 Å². The van der Waals surface area contributed by atoms with Crippen molar-refractivity contribution < 1.29 is 0 Å². The molecule has 4 heteroatoms. The highest BCUT2D eigenvalue weighted by atomic mass is 32.2. The molecule has 0 aliphatic rings. The molecule has 0 aromatic carbocycles. The summed E-state index contributed by atoms with van der Waals surface area (Å²) in [5, 5.41) is 6.44. The quantitative estimate of drug-likeness (QED) is 0.810. The van der Waals surface area contributed by atoms with Gasteiger partial charge >= 0.3 is 0 Å². The van der Waals surface area contributed by atoms with E-state index in [1.807, 2.05) is 23.3 Å². The van der Waals surface area contributed by atoms with Crippen molar-refractivity contribution in [3.05, 3.63) is 11.6 Å². The van der Waals surface area contributed by atoms with Gasteiger partial charge in [0.25, 0.3) is 0 Å². The lowest BCUT2D eigenvalue weighted by Crippen LogP contribution is -2.31. The van der Waals surface area contributed by atoms with Gasteiger partial charge in [-0.3, -0.25) is 0 Å². The lowest BCUT2D eigenvalue weighted by molar-refractivity contribution is 0.574. The molecule has 1 aromatic heterocycles. The minimum Gasteiger partial charge on any atom is -0.360 e. The number of hydrogen-bond donors (Lipinski definition) is 1. The molecule has 0 atom stereocenters. The highest BCUT2D eigenvalue weighted by Crippen LogP contribution is 2.30. The molecular formula is C10H18N2S2. The molecule has 14 heavy (non-hydrogen) atoms. The molecule has 0 aliphatic carbocycles. The third kappa shape index (κ3) is 2.89. The molecule has 0 fully saturated rings. The first-order valence-corrected chi connectivity index (χ1v) is 7.05. The average molecular weight is 230 g/mol. The van der Waals surface area contributed by atoms with E-state index >= 15 is 0 Å². The Kier molecular flexibility index (Phi) is 4.75. The van der Waals surface area contributed by atoms with Crippen molar-refractivity contribution in [3.63, 3.8) is 0 Å². The van der Waals surface area contributed by atoms with Crippen LogP contribution in [0.25, 0.3) is 0 Å². The van der Waals surface area contributed by atoms with Crippen molar-refractivity contribution in [2.75, 3.05) is 18.1 Å². The van der Waals surface area contributed by atoms with Gasteiger partial charge in [0.15, 0.2) is 5.13 Å². The number of thioether (sulfide) groups is 1. The molecule has 0 spiro atoms. The van der Waals surface area contributed by atoms with Crippen LogP contribution < -0.4 is 5.32 Å². The number of aromatic nitrogens is 1. The van der Waals surface area contributed by atoms with Gasteiger partial charge in [0.05, 0.1) is 0 Å². The van der Waals surface area contributed by atoms with Crippen LogP contribution >= 0.6 is 23.1 Å². The normalized spacial score (nSPS) is 11.6. The SMILES string of the molecule is CCC(CC)(CNc1nccs1)SC. The predicted octanol–water partition coefficient (Wildman–Crippen LogP) is 3.48. The number of nitrogens with zero attached hydrogens (tertiary/aromatic N) is 1. The first-order chi connectivity index (χ1) is 6.76. The van der Waals surface area contributed by atoms with E-state index in [1.165, 1.54) is 12.8 Å². The van der Waals surface area contributed by atoms with E-state index in [2.05, 4.69) is 30.4 Å². The second-order valence-electron chi connectivity index (χ2n) is 3.29. The van der Waals surface area contributed by atoms with E-state index in [4.69, 9.17) is 0 Å². The predicted molar refractivity (Wildman–Crippen MR) is 67.4 cm³/mol. The zero-order chi connectivity index (χ0) is 10.4. The van der Waals surface area contributed by atoms with Crippen molar-refractivity contribution in [2.45, 2.75) is 31.4 Å². The van der Waals surface area contributed by atoms with Gasteiger partial charge < -0.3 is 5.32 Å². The summed E-state index contributed by atoms with van der Waals surface area (Å²) in [6.07, 6.45) is 6.42. The van der Waals surface area contributed by atoms with Crippen LogP contribution in [-0.2, 0) is 0 Å². The molecule has 0 radical (unpaired) electrons. The van der Waals surface area contributed by atoms with Gasteiger partial charge in [0, 0.05) is 22.9 Å². The standard InChI is InChI=1S/C10H18N2S2/c1-4-10(5-2,13-3)8-12-9-11-6-7-14-9/h6-7H,4-5,8H2,1-3H3,(H,11,12). The number of rotatable bonds is 6. The number of thiazole rings is 1. The molecular weight excluding hydrogens is 212 g/mol. The van der Waals surface area contributed by atoms with Gasteiger partial charge in [-0.2, -0.15) is 11.8 Å². The summed E-state index contributed by atoms with van der Waals surface area (Å²) in [7, 11) is 0. The summed E-state index contributed by atoms with van der Waals surface area (Å²) < 4.78 is 0.367. The van der Waals surface area contributed by atoms with Crippen molar-refractivity contribution in [3.8, 4) is 0 Å². The molecule has 1 aromatic rings.